The molecule has 0 aromatic heterocycles. The molecule has 0 aliphatic carbocycles. The topological polar surface area (TPSA) is 59.0 Å². The van der Waals surface area contributed by atoms with E-state index in [0.717, 1.165) is 12.8 Å². The van der Waals surface area contributed by atoms with Crippen LogP contribution in [0, 0.1) is 5.92 Å². The molecule has 0 bridgehead atoms. The largest absolute Gasteiger partial charge is 0.457 e. The van der Waals surface area contributed by atoms with Gasteiger partial charge in [-0.15, -0.1) is 0 Å². The van der Waals surface area contributed by atoms with E-state index in [0.29, 0.717) is 6.42 Å². The molecule has 2 saturated heterocycles. The molecule has 0 aromatic carbocycles. The van der Waals surface area contributed by atoms with Crippen LogP contribution >= 0.6 is 0 Å². The normalized spacial score (nSPS) is 41.0. The third-order valence-corrected chi connectivity index (χ3v) is 5.63. The van der Waals surface area contributed by atoms with Gasteiger partial charge >= 0.3 is 5.97 Å². The SMILES string of the molecule is CC.COC(O)C1CCC2N1[C@@H](C)C=C(C)C1CC(=O)O[C@@]12C. The lowest BCUT2D eigenvalue weighted by Gasteiger charge is -2.42. The van der Waals surface area contributed by atoms with Crippen LogP contribution in [0.4, 0.5) is 0 Å². The number of carbonyl (C=O) groups excluding carboxylic acids is 1. The molecule has 3 aliphatic rings. The molecule has 0 spiro atoms. The molecule has 132 valence electrons. The molecule has 2 fully saturated rings. The van der Waals surface area contributed by atoms with Crippen LogP contribution in [-0.2, 0) is 14.3 Å². The summed E-state index contributed by atoms with van der Waals surface area (Å²) in [5.41, 5.74) is 0.723. The molecule has 1 N–H and O–H groups in total. The van der Waals surface area contributed by atoms with E-state index in [1.807, 2.05) is 13.8 Å². The van der Waals surface area contributed by atoms with Gasteiger partial charge in [-0.3, -0.25) is 9.69 Å². The van der Waals surface area contributed by atoms with Crippen molar-refractivity contribution in [3.8, 4) is 0 Å². The molecule has 5 heteroatoms. The Morgan fingerprint density at radius 3 is 2.70 bits per heavy atom. The molecule has 5 nitrogen and oxygen atoms in total. The smallest absolute Gasteiger partial charge is 0.307 e. The van der Waals surface area contributed by atoms with Crippen LogP contribution in [0.3, 0.4) is 0 Å². The number of hydrogen-bond donors (Lipinski definition) is 1. The number of aliphatic hydroxyl groups is 1. The lowest BCUT2D eigenvalue weighted by atomic mass is 9.78. The summed E-state index contributed by atoms with van der Waals surface area (Å²) in [5, 5.41) is 10.2. The lowest BCUT2D eigenvalue weighted by molar-refractivity contribution is -0.159. The maximum absolute atomic E-state index is 11.9. The van der Waals surface area contributed by atoms with Crippen molar-refractivity contribution in [3.63, 3.8) is 0 Å². The number of fused-ring (bicyclic) bond motifs is 3. The monoisotopic (exact) mass is 325 g/mol. The van der Waals surface area contributed by atoms with Gasteiger partial charge in [-0.2, -0.15) is 0 Å². The molecule has 3 rings (SSSR count). The second-order valence-electron chi connectivity index (χ2n) is 6.80. The number of methoxy groups -OCH3 is 1. The van der Waals surface area contributed by atoms with E-state index in [9.17, 15) is 9.90 Å². The highest BCUT2D eigenvalue weighted by Crippen LogP contribution is 2.49. The zero-order chi connectivity index (χ0) is 17.4. The van der Waals surface area contributed by atoms with E-state index in [-0.39, 0.29) is 30.0 Å². The highest BCUT2D eigenvalue weighted by molar-refractivity contribution is 5.74. The van der Waals surface area contributed by atoms with Crippen LogP contribution in [0.5, 0.6) is 0 Å². The van der Waals surface area contributed by atoms with Gasteiger partial charge in [0, 0.05) is 19.1 Å². The highest BCUT2D eigenvalue weighted by Gasteiger charge is 2.58. The van der Waals surface area contributed by atoms with E-state index < -0.39 is 11.9 Å². The molecule has 3 heterocycles. The van der Waals surface area contributed by atoms with Gasteiger partial charge in [0.05, 0.1) is 18.5 Å². The molecule has 3 aliphatic heterocycles. The Kier molecular flexibility index (Phi) is 5.54. The van der Waals surface area contributed by atoms with Crippen molar-refractivity contribution in [2.45, 2.75) is 83.9 Å². The summed E-state index contributed by atoms with van der Waals surface area (Å²) in [6.07, 6.45) is 3.65. The predicted molar refractivity (Wildman–Crippen MR) is 88.8 cm³/mol. The molecule has 0 radical (unpaired) electrons. The van der Waals surface area contributed by atoms with Crippen molar-refractivity contribution in [3.05, 3.63) is 11.6 Å². The number of esters is 1. The zero-order valence-electron chi connectivity index (χ0n) is 15.2. The second-order valence-corrected chi connectivity index (χ2v) is 6.80. The van der Waals surface area contributed by atoms with Crippen molar-refractivity contribution in [2.75, 3.05) is 7.11 Å². The average molecular weight is 325 g/mol. The molecular weight excluding hydrogens is 294 g/mol. The molecule has 23 heavy (non-hydrogen) atoms. The Hall–Kier alpha value is -0.910. The van der Waals surface area contributed by atoms with Crippen LogP contribution < -0.4 is 0 Å². The highest BCUT2D eigenvalue weighted by atomic mass is 16.6. The summed E-state index contributed by atoms with van der Waals surface area (Å²) in [6.45, 7) is 10.3. The molecule has 0 aromatic rings. The van der Waals surface area contributed by atoms with Gasteiger partial charge in [0.15, 0.2) is 6.29 Å². The quantitative estimate of drug-likeness (QED) is 0.480. The molecule has 4 unspecified atom stereocenters. The van der Waals surface area contributed by atoms with Gasteiger partial charge in [-0.05, 0) is 33.6 Å². The Morgan fingerprint density at radius 2 is 2.09 bits per heavy atom. The summed E-state index contributed by atoms with van der Waals surface area (Å²) >= 11 is 0. The Labute approximate surface area is 139 Å². The third kappa shape index (κ3) is 2.94. The van der Waals surface area contributed by atoms with Gasteiger partial charge in [0.1, 0.15) is 5.60 Å². The fraction of sp³-hybridized carbons (Fsp3) is 0.833. The van der Waals surface area contributed by atoms with Crippen LogP contribution in [0.15, 0.2) is 11.6 Å². The number of hydrogen-bond acceptors (Lipinski definition) is 5. The number of aliphatic hydroxyl groups excluding tert-OH is 1. The first-order valence-corrected chi connectivity index (χ1v) is 8.77. The van der Waals surface area contributed by atoms with Gasteiger partial charge in [0.2, 0.25) is 0 Å². The van der Waals surface area contributed by atoms with E-state index in [1.54, 1.807) is 0 Å². The molecule has 0 saturated carbocycles. The fourth-order valence-electron chi connectivity index (χ4n) is 4.70. The van der Waals surface area contributed by atoms with Crippen LogP contribution in [0.25, 0.3) is 0 Å². The van der Waals surface area contributed by atoms with E-state index >= 15 is 0 Å². The Bertz CT molecular complexity index is 478. The standard InChI is InChI=1S/C16H25NO4.C2H6/c1-9-7-10(2)17-12(15(19)20-4)5-6-13(17)16(3)11(9)8-14(18)21-16;1-2/h7,10-13,15,19H,5-6,8H2,1-4H3;1-2H3/t10-,11?,12?,13?,15?,16-;/m0./s1. The maximum Gasteiger partial charge on any atom is 0.307 e. The summed E-state index contributed by atoms with van der Waals surface area (Å²) < 4.78 is 10.9. The summed E-state index contributed by atoms with van der Waals surface area (Å²) in [6, 6.07) is 0.287. The Balaban J connectivity index is 0.000000924. The number of ether oxygens (including phenoxy) is 2. The van der Waals surface area contributed by atoms with E-state index in [1.165, 1.54) is 12.7 Å². The number of carbonyl (C=O) groups is 1. The molecular formula is C18H31NO4. The summed E-state index contributed by atoms with van der Waals surface area (Å²) in [7, 11) is 1.53. The first-order chi connectivity index (χ1) is 10.9. The first kappa shape index (κ1) is 18.4. The summed E-state index contributed by atoms with van der Waals surface area (Å²) in [4.78, 5) is 14.2. The van der Waals surface area contributed by atoms with Crippen molar-refractivity contribution in [1.82, 2.24) is 4.90 Å². The van der Waals surface area contributed by atoms with Crippen molar-refractivity contribution >= 4 is 5.97 Å². The van der Waals surface area contributed by atoms with Gasteiger partial charge in [-0.1, -0.05) is 25.5 Å². The van der Waals surface area contributed by atoms with Crippen LogP contribution in [0.1, 0.15) is 53.9 Å². The van der Waals surface area contributed by atoms with Crippen molar-refractivity contribution in [1.29, 1.82) is 0 Å². The van der Waals surface area contributed by atoms with Crippen LogP contribution in [0.2, 0.25) is 0 Å². The lowest BCUT2D eigenvalue weighted by Crippen LogP contribution is -2.56. The number of nitrogens with zero attached hydrogens (tertiary/aromatic N) is 1. The van der Waals surface area contributed by atoms with Crippen molar-refractivity contribution < 1.29 is 19.4 Å². The molecule has 0 amide bonds. The first-order valence-electron chi connectivity index (χ1n) is 8.77. The minimum atomic E-state index is -0.802. The maximum atomic E-state index is 11.9. The fourth-order valence-corrected chi connectivity index (χ4v) is 4.70. The Morgan fingerprint density at radius 1 is 1.43 bits per heavy atom. The van der Waals surface area contributed by atoms with E-state index in [4.69, 9.17) is 9.47 Å². The summed E-state index contributed by atoms with van der Waals surface area (Å²) in [5.74, 6) is 0.0291. The van der Waals surface area contributed by atoms with Gasteiger partial charge in [-0.25, -0.2) is 0 Å². The van der Waals surface area contributed by atoms with E-state index in [2.05, 4.69) is 31.7 Å². The van der Waals surface area contributed by atoms with Crippen molar-refractivity contribution in [2.24, 2.45) is 5.92 Å². The minimum Gasteiger partial charge on any atom is -0.457 e. The van der Waals surface area contributed by atoms with Gasteiger partial charge < -0.3 is 14.6 Å². The predicted octanol–water partition coefficient (Wildman–Crippen LogP) is 2.48. The van der Waals surface area contributed by atoms with Crippen LogP contribution in [-0.4, -0.2) is 53.1 Å². The number of rotatable bonds is 2. The molecule has 6 atom stereocenters. The zero-order valence-corrected chi connectivity index (χ0v) is 15.2. The third-order valence-electron chi connectivity index (χ3n) is 5.63. The van der Waals surface area contributed by atoms with Gasteiger partial charge in [0.25, 0.3) is 0 Å². The average Bonchev–Trinajstić information content (AvgIpc) is 3.08. The minimum absolute atomic E-state index is 0.0473. The second kappa shape index (κ2) is 6.91.